The zero-order chi connectivity index (χ0) is 13.1. The molecule has 5 heteroatoms. The minimum Gasteiger partial charge on any atom is -0.348 e. The lowest BCUT2D eigenvalue weighted by atomic mass is 10.1. The zero-order valence-electron chi connectivity index (χ0n) is 9.62. The van der Waals surface area contributed by atoms with Crippen LogP contribution in [0.3, 0.4) is 0 Å². The van der Waals surface area contributed by atoms with Crippen LogP contribution in [0.1, 0.15) is 29.6 Å². The highest BCUT2D eigenvalue weighted by Gasteiger charge is 2.29. The van der Waals surface area contributed by atoms with Gasteiger partial charge in [0.1, 0.15) is 5.82 Å². The maximum atomic E-state index is 13.6. The number of nitrogens with one attached hydrogen (secondary N) is 1. The number of hydrogen-bond donors (Lipinski definition) is 1. The van der Waals surface area contributed by atoms with Crippen LogP contribution < -0.4 is 5.32 Å². The second-order valence-corrected chi connectivity index (χ2v) is 5.20. The molecule has 1 amide bonds. The minimum atomic E-state index is -0.562. The normalized spacial score (nSPS) is 22.5. The van der Waals surface area contributed by atoms with Crippen molar-refractivity contribution in [3.8, 4) is 6.07 Å². The Bertz CT molecular complexity index is 492. The van der Waals surface area contributed by atoms with Crippen molar-refractivity contribution in [1.29, 1.82) is 5.26 Å². The number of rotatable bonds is 2. The molecular formula is C13H12BrFN2O. The van der Waals surface area contributed by atoms with Crippen molar-refractivity contribution in [1.82, 2.24) is 5.32 Å². The molecule has 2 atom stereocenters. The summed E-state index contributed by atoms with van der Waals surface area (Å²) in [7, 11) is 0. The lowest BCUT2D eigenvalue weighted by Crippen LogP contribution is -2.37. The third kappa shape index (κ3) is 2.54. The number of nitriles is 1. The van der Waals surface area contributed by atoms with Crippen molar-refractivity contribution in [2.45, 2.75) is 25.3 Å². The Morgan fingerprint density at radius 1 is 1.50 bits per heavy atom. The molecule has 1 N–H and O–H groups in total. The maximum absolute atomic E-state index is 13.6. The standard InChI is InChI=1S/C13H12BrFN2O/c14-9-4-2-5-10(15)12(9)13(18)17-11-6-1-3-8(11)7-16/h2,4-5,8,11H,1,3,6H2,(H,17,18)/t8-,11-/m0/s1. The van der Waals surface area contributed by atoms with Gasteiger partial charge in [-0.1, -0.05) is 6.07 Å². The van der Waals surface area contributed by atoms with Crippen molar-refractivity contribution in [3.63, 3.8) is 0 Å². The van der Waals surface area contributed by atoms with E-state index in [0.717, 1.165) is 19.3 Å². The lowest BCUT2D eigenvalue weighted by molar-refractivity contribution is 0.0928. The van der Waals surface area contributed by atoms with Gasteiger partial charge in [0, 0.05) is 10.5 Å². The first kappa shape index (κ1) is 13.0. The molecule has 1 aromatic carbocycles. The molecule has 0 unspecified atom stereocenters. The van der Waals surface area contributed by atoms with Crippen LogP contribution in [0.4, 0.5) is 4.39 Å². The predicted octanol–water partition coefficient (Wildman–Crippen LogP) is 3.01. The first-order valence-corrected chi connectivity index (χ1v) is 6.57. The van der Waals surface area contributed by atoms with Gasteiger partial charge in [0.15, 0.2) is 0 Å². The summed E-state index contributed by atoms with van der Waals surface area (Å²) in [5.41, 5.74) is 0.00101. The lowest BCUT2D eigenvalue weighted by Gasteiger charge is -2.16. The van der Waals surface area contributed by atoms with E-state index in [0.29, 0.717) is 4.47 Å². The van der Waals surface area contributed by atoms with Gasteiger partial charge >= 0.3 is 0 Å². The summed E-state index contributed by atoms with van der Waals surface area (Å²) in [4.78, 5) is 12.0. The van der Waals surface area contributed by atoms with E-state index >= 15 is 0 Å². The smallest absolute Gasteiger partial charge is 0.255 e. The van der Waals surface area contributed by atoms with Crippen LogP contribution in [-0.4, -0.2) is 11.9 Å². The molecule has 1 aliphatic carbocycles. The number of nitrogens with zero attached hydrogens (tertiary/aromatic N) is 1. The molecule has 1 aliphatic rings. The summed E-state index contributed by atoms with van der Waals surface area (Å²) in [6, 6.07) is 6.40. The van der Waals surface area contributed by atoms with Gasteiger partial charge in [-0.2, -0.15) is 5.26 Å². The Labute approximate surface area is 113 Å². The summed E-state index contributed by atoms with van der Waals surface area (Å²) in [5, 5.41) is 11.7. The van der Waals surface area contributed by atoms with E-state index in [1.807, 2.05) is 0 Å². The number of amides is 1. The molecule has 0 heterocycles. The second kappa shape index (κ2) is 5.49. The van der Waals surface area contributed by atoms with Crippen molar-refractivity contribution in [3.05, 3.63) is 34.1 Å². The molecule has 94 valence electrons. The van der Waals surface area contributed by atoms with E-state index in [2.05, 4.69) is 27.3 Å². The van der Waals surface area contributed by atoms with Crippen molar-refractivity contribution < 1.29 is 9.18 Å². The van der Waals surface area contributed by atoms with Crippen LogP contribution in [0, 0.1) is 23.1 Å². The molecule has 2 rings (SSSR count). The van der Waals surface area contributed by atoms with E-state index in [9.17, 15) is 9.18 Å². The SMILES string of the molecule is N#C[C@@H]1CCC[C@@H]1NC(=O)c1c(F)cccc1Br. The Morgan fingerprint density at radius 3 is 2.94 bits per heavy atom. The molecule has 1 fully saturated rings. The average molecular weight is 311 g/mol. The molecule has 0 aromatic heterocycles. The molecule has 0 bridgehead atoms. The topological polar surface area (TPSA) is 52.9 Å². The van der Waals surface area contributed by atoms with Crippen LogP contribution in [0.25, 0.3) is 0 Å². The first-order valence-electron chi connectivity index (χ1n) is 5.78. The van der Waals surface area contributed by atoms with E-state index in [4.69, 9.17) is 5.26 Å². The molecule has 3 nitrogen and oxygen atoms in total. The van der Waals surface area contributed by atoms with Gasteiger partial charge in [0.05, 0.1) is 17.6 Å². The van der Waals surface area contributed by atoms with Crippen LogP contribution in [-0.2, 0) is 0 Å². The molecule has 1 aromatic rings. The van der Waals surface area contributed by atoms with Gasteiger partial charge in [-0.3, -0.25) is 4.79 Å². The average Bonchev–Trinajstić information content (AvgIpc) is 2.76. The van der Waals surface area contributed by atoms with Gasteiger partial charge in [0.2, 0.25) is 0 Å². The quantitative estimate of drug-likeness (QED) is 0.913. The van der Waals surface area contributed by atoms with Gasteiger partial charge < -0.3 is 5.32 Å². The fourth-order valence-corrected chi connectivity index (χ4v) is 2.76. The molecular weight excluding hydrogens is 299 g/mol. The van der Waals surface area contributed by atoms with Crippen LogP contribution in [0.5, 0.6) is 0 Å². The number of benzene rings is 1. The van der Waals surface area contributed by atoms with Gasteiger partial charge in [-0.15, -0.1) is 0 Å². The number of hydrogen-bond acceptors (Lipinski definition) is 2. The summed E-state index contributed by atoms with van der Waals surface area (Å²) < 4.78 is 14.0. The van der Waals surface area contributed by atoms with E-state index < -0.39 is 11.7 Å². The molecule has 0 aliphatic heterocycles. The van der Waals surface area contributed by atoms with Crippen molar-refractivity contribution >= 4 is 21.8 Å². The summed E-state index contributed by atoms with van der Waals surface area (Å²) >= 11 is 3.16. The number of carbonyl (C=O) groups excluding carboxylic acids is 1. The third-order valence-corrected chi connectivity index (χ3v) is 3.85. The Balaban J connectivity index is 2.16. The highest BCUT2D eigenvalue weighted by atomic mass is 79.9. The van der Waals surface area contributed by atoms with Crippen molar-refractivity contribution in [2.24, 2.45) is 5.92 Å². The van der Waals surface area contributed by atoms with Crippen LogP contribution >= 0.6 is 15.9 Å². The zero-order valence-corrected chi connectivity index (χ0v) is 11.2. The Hall–Kier alpha value is -1.41. The van der Waals surface area contributed by atoms with E-state index in [-0.39, 0.29) is 17.5 Å². The third-order valence-electron chi connectivity index (χ3n) is 3.19. The van der Waals surface area contributed by atoms with Gasteiger partial charge in [-0.05, 0) is 47.3 Å². The monoisotopic (exact) mass is 310 g/mol. The molecule has 18 heavy (non-hydrogen) atoms. The Kier molecular flexibility index (Phi) is 3.97. The highest BCUT2D eigenvalue weighted by Crippen LogP contribution is 2.26. The summed E-state index contributed by atoms with van der Waals surface area (Å²) in [6.07, 6.45) is 2.48. The van der Waals surface area contributed by atoms with Crippen LogP contribution in [0.15, 0.2) is 22.7 Å². The Morgan fingerprint density at radius 2 is 2.28 bits per heavy atom. The fraction of sp³-hybridized carbons (Fsp3) is 0.385. The fourth-order valence-electron chi connectivity index (χ4n) is 2.24. The summed E-state index contributed by atoms with van der Waals surface area (Å²) in [5.74, 6) is -1.19. The van der Waals surface area contributed by atoms with E-state index in [1.54, 1.807) is 6.07 Å². The molecule has 1 saturated carbocycles. The van der Waals surface area contributed by atoms with E-state index in [1.165, 1.54) is 12.1 Å². The maximum Gasteiger partial charge on any atom is 0.255 e. The first-order chi connectivity index (χ1) is 8.63. The molecule has 0 saturated heterocycles. The molecule has 0 radical (unpaired) electrons. The summed E-state index contributed by atoms with van der Waals surface area (Å²) in [6.45, 7) is 0. The van der Waals surface area contributed by atoms with Gasteiger partial charge in [-0.25, -0.2) is 4.39 Å². The second-order valence-electron chi connectivity index (χ2n) is 4.34. The van der Waals surface area contributed by atoms with Crippen LogP contribution in [0.2, 0.25) is 0 Å². The largest absolute Gasteiger partial charge is 0.348 e. The predicted molar refractivity (Wildman–Crippen MR) is 68.3 cm³/mol. The van der Waals surface area contributed by atoms with Crippen molar-refractivity contribution in [2.75, 3.05) is 0 Å². The minimum absolute atomic E-state index is 0.00101. The highest BCUT2D eigenvalue weighted by molar-refractivity contribution is 9.10. The molecule has 0 spiro atoms. The van der Waals surface area contributed by atoms with Gasteiger partial charge in [0.25, 0.3) is 5.91 Å². The number of carbonyl (C=O) groups is 1. The number of halogens is 2.